The van der Waals surface area contributed by atoms with Crippen molar-refractivity contribution in [3.8, 4) is 0 Å². The molecule has 0 spiro atoms. The summed E-state index contributed by atoms with van der Waals surface area (Å²) in [5, 5.41) is 0.503. The monoisotopic (exact) mass is 392 g/mol. The van der Waals surface area contributed by atoms with Crippen LogP contribution in [0.15, 0.2) is 48.5 Å². The molecule has 5 nitrogen and oxygen atoms in total. The van der Waals surface area contributed by atoms with Crippen molar-refractivity contribution in [2.75, 3.05) is 15.5 Å². The van der Waals surface area contributed by atoms with E-state index in [0.717, 1.165) is 28.2 Å². The van der Waals surface area contributed by atoms with Crippen LogP contribution in [0, 0.1) is 0 Å². The number of fused-ring (bicyclic) bond motifs is 1. The third-order valence-electron chi connectivity index (χ3n) is 4.59. The molecule has 0 saturated carbocycles. The van der Waals surface area contributed by atoms with Crippen LogP contribution in [-0.4, -0.2) is 32.7 Å². The highest BCUT2D eigenvalue weighted by Gasteiger charge is 2.37. The molecule has 2 aromatic rings. The summed E-state index contributed by atoms with van der Waals surface area (Å²) < 4.78 is 26.0. The molecule has 2 atom stereocenters. The second-order valence-electron chi connectivity index (χ2n) is 6.60. The quantitative estimate of drug-likeness (QED) is 0.800. The van der Waals surface area contributed by atoms with E-state index in [1.54, 1.807) is 36.1 Å². The minimum Gasteiger partial charge on any atom is -0.307 e. The van der Waals surface area contributed by atoms with Crippen molar-refractivity contribution in [2.24, 2.45) is 0 Å². The van der Waals surface area contributed by atoms with E-state index < -0.39 is 16.1 Å². The van der Waals surface area contributed by atoms with Gasteiger partial charge in [-0.25, -0.2) is 8.42 Å². The van der Waals surface area contributed by atoms with Gasteiger partial charge in [-0.3, -0.25) is 9.10 Å². The normalized spacial score (nSPS) is 17.7. The van der Waals surface area contributed by atoms with Crippen molar-refractivity contribution in [1.82, 2.24) is 0 Å². The molecular weight excluding hydrogens is 372 g/mol. The first-order chi connectivity index (χ1) is 12.2. The topological polar surface area (TPSA) is 57.7 Å². The highest BCUT2D eigenvalue weighted by atomic mass is 35.5. The van der Waals surface area contributed by atoms with Gasteiger partial charge >= 0.3 is 0 Å². The zero-order valence-corrected chi connectivity index (χ0v) is 16.5. The van der Waals surface area contributed by atoms with Crippen LogP contribution in [-0.2, 0) is 21.2 Å². The Kier molecular flexibility index (Phi) is 4.99. The molecule has 0 fully saturated rings. The minimum absolute atomic E-state index is 0.0195. The lowest BCUT2D eigenvalue weighted by molar-refractivity contribution is -0.119. The SMILES string of the molecule is CC1Cc2ccccc2N1C(=O)C(C)N(c1ccc(Cl)cc1)S(C)(=O)=O. The average molecular weight is 393 g/mol. The van der Waals surface area contributed by atoms with Crippen molar-refractivity contribution in [3.63, 3.8) is 0 Å². The molecule has 1 heterocycles. The van der Waals surface area contributed by atoms with Crippen molar-refractivity contribution in [3.05, 3.63) is 59.1 Å². The lowest BCUT2D eigenvalue weighted by atomic mass is 10.1. The lowest BCUT2D eigenvalue weighted by Gasteiger charge is -2.33. The van der Waals surface area contributed by atoms with Crippen molar-refractivity contribution in [2.45, 2.75) is 32.4 Å². The predicted octanol–water partition coefficient (Wildman–Crippen LogP) is 3.47. The molecule has 1 aliphatic heterocycles. The molecule has 2 aromatic carbocycles. The fourth-order valence-corrected chi connectivity index (χ4v) is 4.79. The Hall–Kier alpha value is -2.05. The van der Waals surface area contributed by atoms with E-state index in [9.17, 15) is 13.2 Å². The highest BCUT2D eigenvalue weighted by molar-refractivity contribution is 7.92. The average Bonchev–Trinajstić information content (AvgIpc) is 2.90. The molecule has 0 bridgehead atoms. The number of amides is 1. The Morgan fingerprint density at radius 3 is 2.42 bits per heavy atom. The summed E-state index contributed by atoms with van der Waals surface area (Å²) in [6, 6.07) is 13.3. The number of nitrogens with zero attached hydrogens (tertiary/aromatic N) is 2. The summed E-state index contributed by atoms with van der Waals surface area (Å²) >= 11 is 5.91. The van der Waals surface area contributed by atoms with Gasteiger partial charge in [-0.1, -0.05) is 29.8 Å². The van der Waals surface area contributed by atoms with Crippen LogP contribution in [0.5, 0.6) is 0 Å². The minimum atomic E-state index is -3.66. The molecule has 0 N–H and O–H groups in total. The molecule has 138 valence electrons. The van der Waals surface area contributed by atoms with Crippen molar-refractivity contribution in [1.29, 1.82) is 0 Å². The molecule has 26 heavy (non-hydrogen) atoms. The molecule has 0 saturated heterocycles. The number of hydrogen-bond donors (Lipinski definition) is 0. The number of benzene rings is 2. The summed E-state index contributed by atoms with van der Waals surface area (Å²) in [5.41, 5.74) is 2.36. The standard InChI is InChI=1S/C19H21ClN2O3S/c1-13-12-15-6-4-5-7-18(15)21(13)19(23)14(2)22(26(3,24)25)17-10-8-16(20)9-11-17/h4-11,13-14H,12H2,1-3H3. The molecule has 1 aliphatic rings. The summed E-state index contributed by atoms with van der Waals surface area (Å²) in [4.78, 5) is 14.9. The zero-order valence-electron chi connectivity index (χ0n) is 14.9. The largest absolute Gasteiger partial charge is 0.307 e. The van der Waals surface area contributed by atoms with Gasteiger partial charge in [0.1, 0.15) is 6.04 Å². The maximum absolute atomic E-state index is 13.2. The van der Waals surface area contributed by atoms with Crippen LogP contribution in [0.2, 0.25) is 5.02 Å². The van der Waals surface area contributed by atoms with E-state index in [1.165, 1.54) is 0 Å². The van der Waals surface area contributed by atoms with Crippen LogP contribution in [0.4, 0.5) is 11.4 Å². The maximum Gasteiger partial charge on any atom is 0.250 e. The van der Waals surface area contributed by atoms with E-state index in [-0.39, 0.29) is 11.9 Å². The number of carbonyl (C=O) groups is 1. The molecular formula is C19H21ClN2O3S. The van der Waals surface area contributed by atoms with E-state index >= 15 is 0 Å². The lowest BCUT2D eigenvalue weighted by Crippen LogP contribution is -2.51. The number of hydrogen-bond acceptors (Lipinski definition) is 3. The molecule has 0 aliphatic carbocycles. The Labute approximate surface area is 159 Å². The Balaban J connectivity index is 1.98. The first kappa shape index (κ1) is 18.7. The molecule has 2 unspecified atom stereocenters. The number of para-hydroxylation sites is 1. The number of anilines is 2. The number of carbonyl (C=O) groups excluding carboxylic acids is 1. The summed E-state index contributed by atoms with van der Waals surface area (Å²) in [5.74, 6) is -0.247. The fourth-order valence-electron chi connectivity index (χ4n) is 3.49. The second-order valence-corrected chi connectivity index (χ2v) is 8.90. The molecule has 3 rings (SSSR count). The number of rotatable bonds is 4. The third kappa shape index (κ3) is 3.44. The van der Waals surface area contributed by atoms with Crippen molar-refractivity contribution >= 4 is 38.9 Å². The van der Waals surface area contributed by atoms with Crippen LogP contribution in [0.1, 0.15) is 19.4 Å². The van der Waals surface area contributed by atoms with E-state index in [2.05, 4.69) is 0 Å². The summed E-state index contributed by atoms with van der Waals surface area (Å²) in [7, 11) is -3.66. The van der Waals surface area contributed by atoms with Gasteiger partial charge in [0.2, 0.25) is 10.0 Å². The molecule has 7 heteroatoms. The van der Waals surface area contributed by atoms with Gasteiger partial charge < -0.3 is 4.90 Å². The van der Waals surface area contributed by atoms with E-state index in [4.69, 9.17) is 11.6 Å². The second kappa shape index (κ2) is 6.93. The zero-order chi connectivity index (χ0) is 19.1. The molecule has 0 aromatic heterocycles. The third-order valence-corrected chi connectivity index (χ3v) is 6.09. The van der Waals surface area contributed by atoms with Gasteiger partial charge in [0.15, 0.2) is 0 Å². The highest BCUT2D eigenvalue weighted by Crippen LogP contribution is 2.33. The van der Waals surface area contributed by atoms with Crippen LogP contribution in [0.3, 0.4) is 0 Å². The molecule has 1 amide bonds. The van der Waals surface area contributed by atoms with Gasteiger partial charge in [0.25, 0.3) is 5.91 Å². The summed E-state index contributed by atoms with van der Waals surface area (Å²) in [6.07, 6.45) is 1.86. The van der Waals surface area contributed by atoms with Gasteiger partial charge in [0.05, 0.1) is 11.9 Å². The van der Waals surface area contributed by atoms with Crippen molar-refractivity contribution < 1.29 is 13.2 Å². The van der Waals surface area contributed by atoms with Gasteiger partial charge in [-0.05, 0) is 56.2 Å². The first-order valence-electron chi connectivity index (χ1n) is 8.36. The Bertz CT molecular complexity index is 928. The fraction of sp³-hybridized carbons (Fsp3) is 0.316. The van der Waals surface area contributed by atoms with E-state index in [1.807, 2.05) is 31.2 Å². The van der Waals surface area contributed by atoms with Crippen LogP contribution >= 0.6 is 11.6 Å². The Morgan fingerprint density at radius 2 is 1.81 bits per heavy atom. The van der Waals surface area contributed by atoms with Gasteiger partial charge in [-0.15, -0.1) is 0 Å². The number of sulfonamides is 1. The predicted molar refractivity (Wildman–Crippen MR) is 105 cm³/mol. The first-order valence-corrected chi connectivity index (χ1v) is 10.6. The Morgan fingerprint density at radius 1 is 1.19 bits per heavy atom. The molecule has 0 radical (unpaired) electrons. The van der Waals surface area contributed by atoms with E-state index in [0.29, 0.717) is 10.7 Å². The van der Waals surface area contributed by atoms with Crippen LogP contribution in [0.25, 0.3) is 0 Å². The smallest absolute Gasteiger partial charge is 0.250 e. The van der Waals surface area contributed by atoms with Gasteiger partial charge in [-0.2, -0.15) is 0 Å². The summed E-state index contributed by atoms with van der Waals surface area (Å²) in [6.45, 7) is 3.59. The maximum atomic E-state index is 13.2. The van der Waals surface area contributed by atoms with Crippen LogP contribution < -0.4 is 9.21 Å². The van der Waals surface area contributed by atoms with Gasteiger partial charge in [0, 0.05) is 16.8 Å². The number of halogens is 1.